The van der Waals surface area contributed by atoms with E-state index in [4.69, 9.17) is 4.42 Å². The molecule has 2 amide bonds. The van der Waals surface area contributed by atoms with Crippen molar-refractivity contribution in [2.24, 2.45) is 0 Å². The summed E-state index contributed by atoms with van der Waals surface area (Å²) in [6.45, 7) is 0.332. The lowest BCUT2D eigenvalue weighted by atomic mass is 10.3. The Morgan fingerprint density at radius 3 is 2.82 bits per heavy atom. The minimum Gasteiger partial charge on any atom is -0.465 e. The highest BCUT2D eigenvalue weighted by atomic mass is 16.3. The van der Waals surface area contributed by atoms with E-state index in [2.05, 4.69) is 5.32 Å². The van der Waals surface area contributed by atoms with E-state index in [9.17, 15) is 9.59 Å². The van der Waals surface area contributed by atoms with Crippen molar-refractivity contribution in [1.82, 2.24) is 10.2 Å². The maximum atomic E-state index is 11.3. The number of rotatable bonds is 5. The van der Waals surface area contributed by atoms with Crippen molar-refractivity contribution in [3.8, 4) is 0 Å². The SMILES string of the molecule is CN(C)C(=O)CCNC(=O)C=Cc1ccco1. The van der Waals surface area contributed by atoms with Gasteiger partial charge in [0.15, 0.2) is 0 Å². The molecule has 1 aromatic heterocycles. The van der Waals surface area contributed by atoms with Gasteiger partial charge in [-0.3, -0.25) is 9.59 Å². The summed E-state index contributed by atoms with van der Waals surface area (Å²) in [5.41, 5.74) is 0. The third-order valence-corrected chi connectivity index (χ3v) is 2.08. The number of carbonyl (C=O) groups is 2. The monoisotopic (exact) mass is 236 g/mol. The zero-order valence-electron chi connectivity index (χ0n) is 9.97. The van der Waals surface area contributed by atoms with Crippen molar-refractivity contribution in [3.05, 3.63) is 30.2 Å². The van der Waals surface area contributed by atoms with E-state index in [0.717, 1.165) is 0 Å². The zero-order chi connectivity index (χ0) is 12.7. The van der Waals surface area contributed by atoms with Gasteiger partial charge < -0.3 is 14.6 Å². The average Bonchev–Trinajstić information content (AvgIpc) is 2.78. The van der Waals surface area contributed by atoms with Gasteiger partial charge in [-0.05, 0) is 18.2 Å². The Balaban J connectivity index is 2.24. The molecule has 0 aliphatic rings. The summed E-state index contributed by atoms with van der Waals surface area (Å²) >= 11 is 0. The summed E-state index contributed by atoms with van der Waals surface area (Å²) in [5, 5.41) is 2.62. The Hall–Kier alpha value is -2.04. The molecule has 0 aliphatic carbocycles. The summed E-state index contributed by atoms with van der Waals surface area (Å²) in [6.07, 6.45) is 4.78. The molecule has 0 fully saturated rings. The van der Waals surface area contributed by atoms with E-state index in [1.165, 1.54) is 17.2 Å². The molecule has 0 saturated heterocycles. The van der Waals surface area contributed by atoms with Crippen LogP contribution in [0, 0.1) is 0 Å². The topological polar surface area (TPSA) is 62.6 Å². The molecule has 0 atom stereocenters. The van der Waals surface area contributed by atoms with Crippen molar-refractivity contribution in [2.75, 3.05) is 20.6 Å². The van der Waals surface area contributed by atoms with Gasteiger partial charge in [-0.25, -0.2) is 0 Å². The molecule has 17 heavy (non-hydrogen) atoms. The first-order valence-electron chi connectivity index (χ1n) is 5.29. The maximum absolute atomic E-state index is 11.3. The molecule has 92 valence electrons. The van der Waals surface area contributed by atoms with Gasteiger partial charge in [-0.15, -0.1) is 0 Å². The van der Waals surface area contributed by atoms with Gasteiger partial charge in [0.2, 0.25) is 11.8 Å². The van der Waals surface area contributed by atoms with Gasteiger partial charge in [0.25, 0.3) is 0 Å². The van der Waals surface area contributed by atoms with Crippen LogP contribution in [-0.4, -0.2) is 37.4 Å². The van der Waals surface area contributed by atoms with Gasteiger partial charge in [-0.2, -0.15) is 0 Å². The average molecular weight is 236 g/mol. The molecule has 5 nitrogen and oxygen atoms in total. The lowest BCUT2D eigenvalue weighted by molar-refractivity contribution is -0.128. The highest BCUT2D eigenvalue weighted by Gasteiger charge is 2.03. The van der Waals surface area contributed by atoms with Crippen molar-refractivity contribution >= 4 is 17.9 Å². The molecule has 0 bridgehead atoms. The fraction of sp³-hybridized carbons (Fsp3) is 0.333. The first-order valence-corrected chi connectivity index (χ1v) is 5.29. The van der Waals surface area contributed by atoms with Crippen LogP contribution < -0.4 is 5.32 Å². The Labute approximate surface area is 100 Å². The van der Waals surface area contributed by atoms with Crippen molar-refractivity contribution in [2.45, 2.75) is 6.42 Å². The quantitative estimate of drug-likeness (QED) is 0.772. The van der Waals surface area contributed by atoms with E-state index in [1.807, 2.05) is 0 Å². The van der Waals surface area contributed by atoms with E-state index in [1.54, 1.807) is 32.3 Å². The van der Waals surface area contributed by atoms with Crippen LogP contribution in [0.15, 0.2) is 28.9 Å². The normalized spacial score (nSPS) is 10.5. The Morgan fingerprint density at radius 2 is 2.24 bits per heavy atom. The fourth-order valence-electron chi connectivity index (χ4n) is 1.12. The minimum absolute atomic E-state index is 0.0136. The Bertz CT molecular complexity index is 394. The summed E-state index contributed by atoms with van der Waals surface area (Å²) in [6, 6.07) is 3.49. The molecule has 0 aliphatic heterocycles. The van der Waals surface area contributed by atoms with Crippen LogP contribution in [0.4, 0.5) is 0 Å². The van der Waals surface area contributed by atoms with Crippen LogP contribution in [-0.2, 0) is 9.59 Å². The largest absolute Gasteiger partial charge is 0.465 e. The number of furan rings is 1. The lowest BCUT2D eigenvalue weighted by Crippen LogP contribution is -2.29. The van der Waals surface area contributed by atoms with Crippen LogP contribution in [0.25, 0.3) is 6.08 Å². The summed E-state index contributed by atoms with van der Waals surface area (Å²) in [7, 11) is 3.36. The Morgan fingerprint density at radius 1 is 1.47 bits per heavy atom. The van der Waals surface area contributed by atoms with Gasteiger partial charge >= 0.3 is 0 Å². The number of nitrogens with one attached hydrogen (secondary N) is 1. The number of nitrogens with zero attached hydrogens (tertiary/aromatic N) is 1. The molecule has 0 spiro atoms. The second-order valence-corrected chi connectivity index (χ2v) is 3.68. The minimum atomic E-state index is -0.243. The predicted octanol–water partition coefficient (Wildman–Crippen LogP) is 0.887. The van der Waals surface area contributed by atoms with E-state index >= 15 is 0 Å². The van der Waals surface area contributed by atoms with Crippen LogP contribution in [0.1, 0.15) is 12.2 Å². The maximum Gasteiger partial charge on any atom is 0.244 e. The van der Waals surface area contributed by atoms with E-state index in [0.29, 0.717) is 18.7 Å². The summed E-state index contributed by atoms with van der Waals surface area (Å²) in [5.74, 6) is 0.359. The lowest BCUT2D eigenvalue weighted by Gasteiger charge is -2.09. The number of carbonyl (C=O) groups excluding carboxylic acids is 2. The first-order chi connectivity index (χ1) is 8.09. The number of amides is 2. The zero-order valence-corrected chi connectivity index (χ0v) is 9.97. The summed E-state index contributed by atoms with van der Waals surface area (Å²) in [4.78, 5) is 24.0. The molecule has 0 saturated carbocycles. The first kappa shape index (κ1) is 13.0. The van der Waals surface area contributed by atoms with Gasteiger partial charge in [-0.1, -0.05) is 0 Å². The van der Waals surface area contributed by atoms with Crippen LogP contribution in [0.5, 0.6) is 0 Å². The van der Waals surface area contributed by atoms with Gasteiger partial charge in [0, 0.05) is 33.1 Å². The molecular weight excluding hydrogens is 220 g/mol. The van der Waals surface area contributed by atoms with E-state index in [-0.39, 0.29) is 11.8 Å². The predicted molar refractivity (Wildman–Crippen MR) is 64.1 cm³/mol. The molecule has 0 unspecified atom stereocenters. The van der Waals surface area contributed by atoms with Crippen LogP contribution in [0.2, 0.25) is 0 Å². The summed E-state index contributed by atoms with van der Waals surface area (Å²) < 4.78 is 5.03. The fourth-order valence-corrected chi connectivity index (χ4v) is 1.12. The number of hydrogen-bond acceptors (Lipinski definition) is 3. The van der Waals surface area contributed by atoms with Crippen molar-refractivity contribution in [1.29, 1.82) is 0 Å². The highest BCUT2D eigenvalue weighted by Crippen LogP contribution is 2.01. The third-order valence-electron chi connectivity index (χ3n) is 2.08. The van der Waals surface area contributed by atoms with Gasteiger partial charge in [0.1, 0.15) is 5.76 Å². The second-order valence-electron chi connectivity index (χ2n) is 3.68. The van der Waals surface area contributed by atoms with Crippen molar-refractivity contribution in [3.63, 3.8) is 0 Å². The van der Waals surface area contributed by atoms with E-state index < -0.39 is 0 Å². The van der Waals surface area contributed by atoms with Crippen molar-refractivity contribution < 1.29 is 14.0 Å². The van der Waals surface area contributed by atoms with Crippen LogP contribution >= 0.6 is 0 Å². The van der Waals surface area contributed by atoms with Gasteiger partial charge in [0.05, 0.1) is 6.26 Å². The molecule has 5 heteroatoms. The molecule has 1 heterocycles. The smallest absolute Gasteiger partial charge is 0.244 e. The highest BCUT2D eigenvalue weighted by molar-refractivity contribution is 5.91. The van der Waals surface area contributed by atoms with Crippen LogP contribution in [0.3, 0.4) is 0 Å². The molecule has 1 aromatic rings. The molecule has 0 aromatic carbocycles. The third kappa shape index (κ3) is 5.01. The second kappa shape index (κ2) is 6.52. The molecule has 0 radical (unpaired) electrons. The Kier molecular flexibility index (Phi) is 5.00. The standard InChI is InChI=1S/C12H16N2O3/c1-14(2)12(16)7-8-13-11(15)6-5-10-4-3-9-17-10/h3-6,9H,7-8H2,1-2H3,(H,13,15). The molecule has 1 N–H and O–H groups in total. The molecule has 1 rings (SSSR count). The number of hydrogen-bond donors (Lipinski definition) is 1. The molecular formula is C12H16N2O3.